The lowest BCUT2D eigenvalue weighted by Gasteiger charge is -2.55. The highest BCUT2D eigenvalue weighted by Crippen LogP contribution is 2.57. The summed E-state index contributed by atoms with van der Waals surface area (Å²) < 4.78 is 39.7. The fraction of sp³-hybridized carbons (Fsp3) is 0.632. The molecule has 6 rings (SSSR count). The summed E-state index contributed by atoms with van der Waals surface area (Å²) in [6.45, 7) is 20.0. The monoisotopic (exact) mass is 679 g/mol. The van der Waals surface area contributed by atoms with E-state index in [1.165, 1.54) is 0 Å². The highest BCUT2D eigenvalue weighted by Gasteiger charge is 2.76. The van der Waals surface area contributed by atoms with Gasteiger partial charge in [0, 0.05) is 13.2 Å². The first-order valence-electron chi connectivity index (χ1n) is 17.3. The standard InChI is InChI=1S/C38H53NO8Si/c1-33(2,3)46-32(41)39-23-17-22-37(39)28(29(40)38(25-42-35(7,8)47-38)31-30(37)44-36(9,10)45-31)24-43-48(34(4,5)6,26-18-13-11-14-19-26)27-20-15-12-16-21-27/h11-16,18-21,28,30-31H,17,22-25H2,1-10H3/t28?,30-,31+,37?,38?/m1/s1. The third-order valence-corrected chi connectivity index (χ3v) is 15.4. The predicted molar refractivity (Wildman–Crippen MR) is 185 cm³/mol. The van der Waals surface area contributed by atoms with Gasteiger partial charge in [-0.05, 0) is 76.7 Å². The quantitative estimate of drug-likeness (QED) is 0.379. The van der Waals surface area contributed by atoms with Gasteiger partial charge in [0.05, 0.1) is 18.1 Å². The molecule has 0 N–H and O–H groups in total. The summed E-state index contributed by atoms with van der Waals surface area (Å²) in [5, 5.41) is 1.88. The minimum Gasteiger partial charge on any atom is -0.444 e. The average molecular weight is 680 g/mol. The fourth-order valence-electron chi connectivity index (χ4n) is 8.66. The molecule has 1 saturated carbocycles. The van der Waals surface area contributed by atoms with Crippen molar-refractivity contribution in [3.05, 3.63) is 60.7 Å². The second-order valence-electron chi connectivity index (χ2n) is 16.8. The number of Topliss-reactive ketones (excluding diaryl/α,β-unsaturated/α-hetero) is 1. The molecule has 2 spiro atoms. The summed E-state index contributed by atoms with van der Waals surface area (Å²) in [6.07, 6.45) is -0.798. The lowest BCUT2D eigenvalue weighted by molar-refractivity contribution is -0.217. The first kappa shape index (κ1) is 35.2. The van der Waals surface area contributed by atoms with Crippen LogP contribution >= 0.6 is 0 Å². The number of amides is 1. The van der Waals surface area contributed by atoms with Gasteiger partial charge in [0.2, 0.25) is 0 Å². The highest BCUT2D eigenvalue weighted by molar-refractivity contribution is 6.99. The van der Waals surface area contributed by atoms with Crippen LogP contribution in [0.1, 0.15) is 82.1 Å². The molecule has 3 heterocycles. The number of carbonyl (C=O) groups is 2. The average Bonchev–Trinajstić information content (AvgIpc) is 3.67. The third kappa shape index (κ3) is 5.66. The van der Waals surface area contributed by atoms with Crippen molar-refractivity contribution in [2.75, 3.05) is 19.8 Å². The number of likely N-dealkylation sites (tertiary alicyclic amines) is 1. The van der Waals surface area contributed by atoms with Crippen LogP contribution in [0.2, 0.25) is 5.04 Å². The molecule has 3 saturated heterocycles. The molecule has 4 aliphatic rings. The number of hydrogen-bond donors (Lipinski definition) is 0. The van der Waals surface area contributed by atoms with Gasteiger partial charge in [0.15, 0.2) is 23.0 Å². The van der Waals surface area contributed by atoms with Gasteiger partial charge in [0.25, 0.3) is 8.32 Å². The Morgan fingerprint density at radius 2 is 1.44 bits per heavy atom. The maximum absolute atomic E-state index is 15.5. The molecular formula is C38H53NO8Si. The SMILES string of the molecule is CC(C)(C)OC(=O)N1CCCC12C(CO[Si](c1ccccc1)(c1ccccc1)C(C)(C)C)C(=O)C1(COC(C)(C)O1)[C@H]1OC(C)(C)O[C@H]12. The molecule has 0 bridgehead atoms. The van der Waals surface area contributed by atoms with E-state index in [0.717, 1.165) is 10.4 Å². The van der Waals surface area contributed by atoms with E-state index in [1.54, 1.807) is 4.90 Å². The van der Waals surface area contributed by atoms with Gasteiger partial charge in [-0.25, -0.2) is 4.79 Å². The Morgan fingerprint density at radius 1 is 0.875 bits per heavy atom. The molecule has 2 aromatic carbocycles. The topological polar surface area (TPSA) is 92.8 Å². The first-order chi connectivity index (χ1) is 22.3. The number of ketones is 1. The first-order valence-corrected chi connectivity index (χ1v) is 19.2. The van der Waals surface area contributed by atoms with Gasteiger partial charge < -0.3 is 28.1 Å². The molecule has 10 heteroatoms. The number of carbonyl (C=O) groups excluding carboxylic acids is 2. The molecule has 3 unspecified atom stereocenters. The van der Waals surface area contributed by atoms with E-state index in [1.807, 2.05) is 84.9 Å². The second kappa shape index (κ2) is 11.7. The van der Waals surface area contributed by atoms with E-state index in [2.05, 4.69) is 45.0 Å². The molecule has 1 amide bonds. The zero-order valence-corrected chi connectivity index (χ0v) is 31.3. The number of benzene rings is 2. The van der Waals surface area contributed by atoms with Crippen LogP contribution in [-0.2, 0) is 32.9 Å². The molecule has 262 valence electrons. The Morgan fingerprint density at radius 3 is 1.94 bits per heavy atom. The van der Waals surface area contributed by atoms with Gasteiger partial charge in [0.1, 0.15) is 17.8 Å². The van der Waals surface area contributed by atoms with Crippen molar-refractivity contribution in [3.63, 3.8) is 0 Å². The molecule has 9 nitrogen and oxygen atoms in total. The summed E-state index contributed by atoms with van der Waals surface area (Å²) in [4.78, 5) is 31.4. The zero-order valence-electron chi connectivity index (χ0n) is 30.3. The van der Waals surface area contributed by atoms with Crippen LogP contribution in [0.15, 0.2) is 60.7 Å². The highest BCUT2D eigenvalue weighted by atomic mass is 28.4. The molecule has 2 aromatic rings. The summed E-state index contributed by atoms with van der Waals surface area (Å²) in [6, 6.07) is 20.7. The van der Waals surface area contributed by atoms with Gasteiger partial charge in [-0.2, -0.15) is 0 Å². The van der Waals surface area contributed by atoms with Gasteiger partial charge in [-0.15, -0.1) is 0 Å². The van der Waals surface area contributed by atoms with E-state index in [-0.39, 0.29) is 24.0 Å². The van der Waals surface area contributed by atoms with E-state index < -0.39 is 60.9 Å². The van der Waals surface area contributed by atoms with Crippen molar-refractivity contribution in [2.24, 2.45) is 5.92 Å². The summed E-state index contributed by atoms with van der Waals surface area (Å²) in [5.74, 6) is -3.08. The zero-order chi connectivity index (χ0) is 35.0. The van der Waals surface area contributed by atoms with Crippen molar-refractivity contribution in [3.8, 4) is 0 Å². The van der Waals surface area contributed by atoms with Crippen LogP contribution in [-0.4, -0.2) is 85.4 Å². The van der Waals surface area contributed by atoms with Gasteiger partial charge >= 0.3 is 6.09 Å². The normalized spacial score (nSPS) is 31.4. The lowest BCUT2D eigenvalue weighted by atomic mass is 9.62. The van der Waals surface area contributed by atoms with Crippen molar-refractivity contribution in [2.45, 2.75) is 128 Å². The van der Waals surface area contributed by atoms with Gasteiger partial charge in [-0.3, -0.25) is 9.69 Å². The minimum atomic E-state index is -3.09. The molecule has 48 heavy (non-hydrogen) atoms. The molecule has 5 atom stereocenters. The van der Waals surface area contributed by atoms with Gasteiger partial charge in [-0.1, -0.05) is 81.4 Å². The van der Waals surface area contributed by atoms with Crippen molar-refractivity contribution in [1.29, 1.82) is 0 Å². The number of nitrogens with zero attached hydrogens (tertiary/aromatic N) is 1. The third-order valence-electron chi connectivity index (χ3n) is 10.4. The second-order valence-corrected chi connectivity index (χ2v) is 21.1. The molecular weight excluding hydrogens is 627 g/mol. The lowest BCUT2D eigenvalue weighted by Crippen LogP contribution is -2.77. The Bertz CT molecular complexity index is 1480. The molecule has 1 aliphatic carbocycles. The van der Waals surface area contributed by atoms with Crippen LogP contribution in [0, 0.1) is 5.92 Å². The largest absolute Gasteiger partial charge is 0.444 e. The van der Waals surface area contributed by atoms with E-state index >= 15 is 4.79 Å². The number of hydrogen-bond acceptors (Lipinski definition) is 8. The molecule has 0 radical (unpaired) electrons. The van der Waals surface area contributed by atoms with Crippen molar-refractivity contribution < 1.29 is 37.7 Å². The summed E-state index contributed by atoms with van der Waals surface area (Å²) >= 11 is 0. The maximum Gasteiger partial charge on any atom is 0.410 e. The predicted octanol–water partition coefficient (Wildman–Crippen LogP) is 5.57. The molecule has 4 fully saturated rings. The number of ether oxygens (including phenoxy) is 5. The van der Waals surface area contributed by atoms with E-state index in [9.17, 15) is 4.79 Å². The van der Waals surface area contributed by atoms with Crippen LogP contribution in [0.3, 0.4) is 0 Å². The Labute approximate surface area is 286 Å². The Hall–Kier alpha value is -2.60. The Kier molecular flexibility index (Phi) is 8.62. The minimum absolute atomic E-state index is 0.0116. The summed E-state index contributed by atoms with van der Waals surface area (Å²) in [7, 11) is -3.09. The molecule has 3 aliphatic heterocycles. The smallest absolute Gasteiger partial charge is 0.410 e. The number of rotatable bonds is 5. The van der Waals surface area contributed by atoms with Crippen LogP contribution < -0.4 is 10.4 Å². The van der Waals surface area contributed by atoms with Crippen LogP contribution in [0.25, 0.3) is 0 Å². The van der Waals surface area contributed by atoms with Crippen molar-refractivity contribution in [1.82, 2.24) is 4.90 Å². The Balaban J connectivity index is 1.54. The van der Waals surface area contributed by atoms with Crippen LogP contribution in [0.5, 0.6) is 0 Å². The van der Waals surface area contributed by atoms with Crippen LogP contribution in [0.4, 0.5) is 4.79 Å². The summed E-state index contributed by atoms with van der Waals surface area (Å²) in [5.41, 5.74) is -3.29. The van der Waals surface area contributed by atoms with E-state index in [0.29, 0.717) is 19.4 Å². The molecule has 0 aromatic heterocycles. The van der Waals surface area contributed by atoms with Crippen molar-refractivity contribution >= 4 is 30.6 Å². The van der Waals surface area contributed by atoms with E-state index in [4.69, 9.17) is 28.1 Å². The maximum atomic E-state index is 15.5. The number of fused-ring (bicyclic) bond motifs is 3. The fourth-order valence-corrected chi connectivity index (χ4v) is 13.2.